The van der Waals surface area contributed by atoms with Crippen LogP contribution in [0.2, 0.25) is 0 Å². The largest absolute Gasteiger partial charge is 0.332 e. The van der Waals surface area contributed by atoms with E-state index >= 15 is 0 Å². The molecule has 0 saturated carbocycles. The third-order valence-electron chi connectivity index (χ3n) is 4.83. The number of nitrogens with zero attached hydrogens (tertiary/aromatic N) is 2. The lowest BCUT2D eigenvalue weighted by molar-refractivity contribution is -0.116. The second-order valence-corrected chi connectivity index (χ2v) is 7.69. The van der Waals surface area contributed by atoms with E-state index in [1.54, 1.807) is 0 Å². The molecule has 1 aliphatic heterocycles. The maximum Gasteiger partial charge on any atom is 0.269 e. The van der Waals surface area contributed by atoms with Crippen molar-refractivity contribution in [2.24, 2.45) is 4.99 Å². The van der Waals surface area contributed by atoms with Crippen LogP contribution < -0.4 is 10.6 Å². The Labute approximate surface area is 178 Å². The van der Waals surface area contributed by atoms with Crippen LogP contribution in [0.15, 0.2) is 95.3 Å². The summed E-state index contributed by atoms with van der Waals surface area (Å²) in [5.41, 5.74) is 5.27. The first-order chi connectivity index (χ1) is 14.8. The lowest BCUT2D eigenvalue weighted by atomic mass is 10.0. The standard InChI is InChI=1S/C24H18N4OS/c29-23-22(28-24-26-20(15-30-24)16-9-3-1-4-10-16)27-21(17-11-5-2-6-12-17)18-13-7-8-14-19(18)25-23/h1-15,22H,(H,25,29)(H,26,28). The molecule has 6 heteroatoms. The first-order valence-corrected chi connectivity index (χ1v) is 10.5. The Hall–Kier alpha value is -3.77. The van der Waals surface area contributed by atoms with E-state index in [2.05, 4.69) is 15.6 Å². The molecule has 30 heavy (non-hydrogen) atoms. The molecular weight excluding hydrogens is 392 g/mol. The fraction of sp³-hybridized carbons (Fsp3) is 0.0417. The van der Waals surface area contributed by atoms with Gasteiger partial charge < -0.3 is 10.6 Å². The number of hydrogen-bond acceptors (Lipinski definition) is 5. The van der Waals surface area contributed by atoms with Gasteiger partial charge in [0, 0.05) is 22.1 Å². The van der Waals surface area contributed by atoms with Crippen LogP contribution in [0.3, 0.4) is 0 Å². The van der Waals surface area contributed by atoms with Gasteiger partial charge in [0.25, 0.3) is 5.91 Å². The molecule has 1 aliphatic rings. The number of anilines is 2. The van der Waals surface area contributed by atoms with Crippen LogP contribution in [0.25, 0.3) is 11.3 Å². The monoisotopic (exact) mass is 410 g/mol. The molecule has 1 unspecified atom stereocenters. The molecule has 0 spiro atoms. The summed E-state index contributed by atoms with van der Waals surface area (Å²) in [4.78, 5) is 22.4. The molecule has 2 N–H and O–H groups in total. The fourth-order valence-corrected chi connectivity index (χ4v) is 4.12. The van der Waals surface area contributed by atoms with Crippen molar-refractivity contribution in [3.63, 3.8) is 0 Å². The van der Waals surface area contributed by atoms with Crippen molar-refractivity contribution in [1.82, 2.24) is 4.98 Å². The van der Waals surface area contributed by atoms with Crippen molar-refractivity contribution in [2.45, 2.75) is 6.17 Å². The minimum absolute atomic E-state index is 0.218. The van der Waals surface area contributed by atoms with E-state index < -0.39 is 6.17 Å². The number of hydrogen-bond donors (Lipinski definition) is 2. The van der Waals surface area contributed by atoms with E-state index in [0.717, 1.165) is 33.8 Å². The van der Waals surface area contributed by atoms with Crippen molar-refractivity contribution in [2.75, 3.05) is 10.6 Å². The van der Waals surface area contributed by atoms with Crippen molar-refractivity contribution in [1.29, 1.82) is 0 Å². The van der Waals surface area contributed by atoms with Crippen molar-refractivity contribution in [3.8, 4) is 11.3 Å². The van der Waals surface area contributed by atoms with Gasteiger partial charge in [-0.2, -0.15) is 0 Å². The van der Waals surface area contributed by atoms with E-state index in [1.165, 1.54) is 11.3 Å². The minimum Gasteiger partial charge on any atom is -0.332 e. The zero-order chi connectivity index (χ0) is 20.3. The number of rotatable bonds is 4. The Balaban J connectivity index is 1.51. The topological polar surface area (TPSA) is 66.4 Å². The normalized spacial score (nSPS) is 15.5. The van der Waals surface area contributed by atoms with E-state index in [4.69, 9.17) is 4.99 Å². The van der Waals surface area contributed by atoms with Gasteiger partial charge in [0.2, 0.25) is 6.17 Å². The molecule has 2 heterocycles. The van der Waals surface area contributed by atoms with Crippen LogP contribution in [0, 0.1) is 0 Å². The predicted octanol–water partition coefficient (Wildman–Crippen LogP) is 5.04. The number of benzene rings is 3. The van der Waals surface area contributed by atoms with Crippen LogP contribution in [-0.2, 0) is 4.79 Å². The zero-order valence-corrected chi connectivity index (χ0v) is 16.8. The third-order valence-corrected chi connectivity index (χ3v) is 5.60. The van der Waals surface area contributed by atoms with Gasteiger partial charge in [-0.3, -0.25) is 4.79 Å². The van der Waals surface area contributed by atoms with E-state index in [0.29, 0.717) is 5.13 Å². The number of benzodiazepines with no additional fused rings is 1. The Bertz CT molecular complexity index is 1220. The average molecular weight is 411 g/mol. The highest BCUT2D eigenvalue weighted by Crippen LogP contribution is 2.28. The summed E-state index contributed by atoms with van der Waals surface area (Å²) in [7, 11) is 0. The molecule has 0 radical (unpaired) electrons. The van der Waals surface area contributed by atoms with Gasteiger partial charge >= 0.3 is 0 Å². The number of nitrogens with one attached hydrogen (secondary N) is 2. The number of para-hydroxylation sites is 1. The summed E-state index contributed by atoms with van der Waals surface area (Å²) in [6.45, 7) is 0. The van der Waals surface area contributed by atoms with Crippen molar-refractivity contribution >= 4 is 33.8 Å². The number of carbonyl (C=O) groups is 1. The summed E-state index contributed by atoms with van der Waals surface area (Å²) >= 11 is 1.46. The summed E-state index contributed by atoms with van der Waals surface area (Å²) in [6.07, 6.45) is -0.789. The Morgan fingerprint density at radius 1 is 0.833 bits per heavy atom. The first-order valence-electron chi connectivity index (χ1n) is 9.59. The second kappa shape index (κ2) is 7.93. The van der Waals surface area contributed by atoms with E-state index in [1.807, 2.05) is 90.3 Å². The molecule has 1 amide bonds. The summed E-state index contributed by atoms with van der Waals surface area (Å²) < 4.78 is 0. The number of thiazole rings is 1. The molecule has 0 saturated heterocycles. The van der Waals surface area contributed by atoms with Crippen LogP contribution in [0.4, 0.5) is 10.8 Å². The first kappa shape index (κ1) is 18.3. The molecule has 3 aromatic carbocycles. The molecule has 0 fully saturated rings. The van der Waals surface area contributed by atoms with Crippen molar-refractivity contribution < 1.29 is 4.79 Å². The molecule has 1 atom stereocenters. The van der Waals surface area contributed by atoms with Crippen LogP contribution in [-0.4, -0.2) is 22.8 Å². The molecular formula is C24H18N4OS. The fourth-order valence-electron chi connectivity index (χ4n) is 3.38. The zero-order valence-electron chi connectivity index (χ0n) is 15.9. The number of fused-ring (bicyclic) bond motifs is 1. The van der Waals surface area contributed by atoms with Gasteiger partial charge in [0.1, 0.15) is 0 Å². The lowest BCUT2D eigenvalue weighted by Gasteiger charge is -2.12. The lowest BCUT2D eigenvalue weighted by Crippen LogP contribution is -2.32. The molecule has 0 bridgehead atoms. The van der Waals surface area contributed by atoms with Gasteiger partial charge in [-0.05, 0) is 6.07 Å². The Morgan fingerprint density at radius 3 is 2.27 bits per heavy atom. The molecule has 5 nitrogen and oxygen atoms in total. The Morgan fingerprint density at radius 2 is 1.50 bits per heavy atom. The summed E-state index contributed by atoms with van der Waals surface area (Å²) in [5, 5.41) is 8.82. The van der Waals surface area contributed by atoms with Gasteiger partial charge in [-0.15, -0.1) is 11.3 Å². The Kier molecular flexibility index (Phi) is 4.83. The van der Waals surface area contributed by atoms with Gasteiger partial charge in [-0.25, -0.2) is 9.98 Å². The minimum atomic E-state index is -0.789. The van der Waals surface area contributed by atoms with Crippen LogP contribution >= 0.6 is 11.3 Å². The maximum absolute atomic E-state index is 12.9. The molecule has 5 rings (SSSR count). The number of amides is 1. The van der Waals surface area contributed by atoms with Gasteiger partial charge in [-0.1, -0.05) is 78.9 Å². The third kappa shape index (κ3) is 3.60. The highest BCUT2D eigenvalue weighted by Gasteiger charge is 2.26. The maximum atomic E-state index is 12.9. The van der Waals surface area contributed by atoms with Crippen LogP contribution in [0.5, 0.6) is 0 Å². The molecule has 4 aromatic rings. The summed E-state index contributed by atoms with van der Waals surface area (Å²) in [6, 6.07) is 27.6. The average Bonchev–Trinajstić information content (AvgIpc) is 3.21. The number of carbonyl (C=O) groups excluding carboxylic acids is 1. The molecule has 0 aliphatic carbocycles. The highest BCUT2D eigenvalue weighted by molar-refractivity contribution is 7.14. The van der Waals surface area contributed by atoms with E-state index in [-0.39, 0.29) is 5.91 Å². The quantitative estimate of drug-likeness (QED) is 0.495. The van der Waals surface area contributed by atoms with Crippen LogP contribution in [0.1, 0.15) is 11.1 Å². The highest BCUT2D eigenvalue weighted by atomic mass is 32.1. The SMILES string of the molecule is O=C1Nc2ccccc2C(c2ccccc2)=NC1Nc1nc(-c2ccccc2)cs1. The molecule has 1 aromatic heterocycles. The van der Waals surface area contributed by atoms with Crippen molar-refractivity contribution in [3.05, 3.63) is 101 Å². The number of aliphatic imine (C=N–C) groups is 1. The smallest absolute Gasteiger partial charge is 0.269 e. The summed E-state index contributed by atoms with van der Waals surface area (Å²) in [5.74, 6) is -0.218. The van der Waals surface area contributed by atoms with Gasteiger partial charge in [0.15, 0.2) is 5.13 Å². The van der Waals surface area contributed by atoms with E-state index in [9.17, 15) is 4.79 Å². The molecule has 146 valence electrons. The second-order valence-electron chi connectivity index (χ2n) is 6.83. The number of aromatic nitrogens is 1. The predicted molar refractivity (Wildman–Crippen MR) is 122 cm³/mol. The van der Waals surface area contributed by atoms with Gasteiger partial charge in [0.05, 0.1) is 17.1 Å².